The molecule has 1 aromatic carbocycles. The molecule has 0 amide bonds. The van der Waals surface area contributed by atoms with Crippen LogP contribution in [0.5, 0.6) is 0 Å². The quantitative estimate of drug-likeness (QED) is 0.690. The van der Waals surface area contributed by atoms with Crippen molar-refractivity contribution >= 4 is 11.6 Å². The summed E-state index contributed by atoms with van der Waals surface area (Å²) in [7, 11) is 0. The lowest BCUT2D eigenvalue weighted by atomic mass is 10.1. The first kappa shape index (κ1) is 12.9. The Balaban J connectivity index is 1.72. The van der Waals surface area contributed by atoms with E-state index in [2.05, 4.69) is 4.98 Å². The lowest BCUT2D eigenvalue weighted by Crippen LogP contribution is -2.05. The lowest BCUT2D eigenvalue weighted by Gasteiger charge is -2.03. The fourth-order valence-electron chi connectivity index (χ4n) is 1.99. The summed E-state index contributed by atoms with van der Waals surface area (Å²) in [6, 6.07) is 14.5. The smallest absolute Gasteiger partial charge is 0.358 e. The molecule has 0 bridgehead atoms. The van der Waals surface area contributed by atoms with Crippen LogP contribution in [0.2, 0.25) is 0 Å². The van der Waals surface area contributed by atoms with Gasteiger partial charge in [0.25, 0.3) is 0 Å². The average Bonchev–Trinajstić information content (AvgIpc) is 2.97. The summed E-state index contributed by atoms with van der Waals surface area (Å²) < 4.78 is 6.98. The topological polar surface area (TPSA) is 67.4 Å². The van der Waals surface area contributed by atoms with Crippen molar-refractivity contribution < 1.29 is 9.53 Å². The number of hydrogen-bond acceptors (Lipinski definition) is 4. The summed E-state index contributed by atoms with van der Waals surface area (Å²) in [5.41, 5.74) is 2.26. The van der Waals surface area contributed by atoms with Gasteiger partial charge in [0.05, 0.1) is 11.6 Å². The van der Waals surface area contributed by atoms with E-state index in [1.807, 2.05) is 30.5 Å². The second-order valence-electron chi connectivity index (χ2n) is 4.48. The van der Waals surface area contributed by atoms with Crippen LogP contribution in [0.1, 0.15) is 21.6 Å². The van der Waals surface area contributed by atoms with Gasteiger partial charge in [0.1, 0.15) is 12.3 Å². The van der Waals surface area contributed by atoms with Gasteiger partial charge in [-0.25, -0.2) is 9.78 Å². The minimum Gasteiger partial charge on any atom is -0.456 e. The highest BCUT2D eigenvalue weighted by atomic mass is 16.5. The van der Waals surface area contributed by atoms with Crippen molar-refractivity contribution in [2.24, 2.45) is 0 Å². The second kappa shape index (κ2) is 5.47. The second-order valence-corrected chi connectivity index (χ2v) is 4.48. The molecule has 3 aromatic rings. The summed E-state index contributed by atoms with van der Waals surface area (Å²) in [5.74, 6) is -0.485. The summed E-state index contributed by atoms with van der Waals surface area (Å²) in [6.45, 7) is 0.113. The monoisotopic (exact) mass is 277 g/mol. The first-order chi connectivity index (χ1) is 10.3. The van der Waals surface area contributed by atoms with Gasteiger partial charge >= 0.3 is 5.97 Å². The number of imidazole rings is 1. The van der Waals surface area contributed by atoms with Crippen molar-refractivity contribution in [2.75, 3.05) is 0 Å². The van der Waals surface area contributed by atoms with E-state index in [9.17, 15) is 4.79 Å². The molecule has 0 atom stereocenters. The van der Waals surface area contributed by atoms with Gasteiger partial charge in [0.2, 0.25) is 0 Å². The number of fused-ring (bicyclic) bond motifs is 1. The van der Waals surface area contributed by atoms with Gasteiger partial charge < -0.3 is 9.14 Å². The number of nitriles is 1. The van der Waals surface area contributed by atoms with Gasteiger partial charge in [0, 0.05) is 12.4 Å². The molecular formula is C16H11N3O2. The van der Waals surface area contributed by atoms with Crippen molar-refractivity contribution in [3.63, 3.8) is 0 Å². The average molecular weight is 277 g/mol. The van der Waals surface area contributed by atoms with E-state index in [0.29, 0.717) is 11.2 Å². The third-order valence-corrected chi connectivity index (χ3v) is 3.00. The van der Waals surface area contributed by atoms with E-state index >= 15 is 0 Å². The Bertz CT molecular complexity index is 813. The van der Waals surface area contributed by atoms with Gasteiger partial charge in [-0.15, -0.1) is 0 Å². The summed E-state index contributed by atoms with van der Waals surface area (Å²) >= 11 is 0. The number of esters is 1. The van der Waals surface area contributed by atoms with Crippen LogP contribution in [0, 0.1) is 11.3 Å². The molecule has 2 aromatic heterocycles. The van der Waals surface area contributed by atoms with E-state index in [0.717, 1.165) is 5.56 Å². The summed E-state index contributed by atoms with van der Waals surface area (Å²) in [6.07, 6.45) is 3.44. The summed E-state index contributed by atoms with van der Waals surface area (Å²) in [5, 5.41) is 8.83. The van der Waals surface area contributed by atoms with Crippen molar-refractivity contribution in [3.05, 3.63) is 71.7 Å². The molecule has 0 radical (unpaired) electrons. The Morgan fingerprint density at radius 3 is 3.00 bits per heavy atom. The Hall–Kier alpha value is -3.13. The maximum absolute atomic E-state index is 12.0. The molecule has 0 spiro atoms. The van der Waals surface area contributed by atoms with Crippen LogP contribution in [0.15, 0.2) is 54.9 Å². The van der Waals surface area contributed by atoms with Crippen molar-refractivity contribution in [2.45, 2.75) is 6.61 Å². The predicted octanol–water partition coefficient (Wildman–Crippen LogP) is 2.56. The minimum atomic E-state index is -0.485. The molecule has 0 aliphatic rings. The molecule has 21 heavy (non-hydrogen) atoms. The highest BCUT2D eigenvalue weighted by Gasteiger charge is 2.12. The number of benzene rings is 1. The molecule has 102 valence electrons. The molecule has 0 aliphatic heterocycles. The number of aromatic nitrogens is 2. The molecule has 3 rings (SSSR count). The van der Waals surface area contributed by atoms with Crippen LogP contribution < -0.4 is 0 Å². The minimum absolute atomic E-state index is 0.113. The van der Waals surface area contributed by atoms with Crippen LogP contribution in [-0.2, 0) is 11.3 Å². The van der Waals surface area contributed by atoms with Gasteiger partial charge in [0.15, 0.2) is 5.69 Å². The number of pyridine rings is 1. The molecule has 0 unspecified atom stereocenters. The van der Waals surface area contributed by atoms with E-state index in [-0.39, 0.29) is 12.3 Å². The third-order valence-electron chi connectivity index (χ3n) is 3.00. The van der Waals surface area contributed by atoms with Crippen LogP contribution in [0.3, 0.4) is 0 Å². The molecule has 0 saturated carbocycles. The first-order valence-electron chi connectivity index (χ1n) is 6.36. The number of carbonyl (C=O) groups excluding carboxylic acids is 1. The fraction of sp³-hybridized carbons (Fsp3) is 0.0625. The highest BCUT2D eigenvalue weighted by molar-refractivity contribution is 5.87. The standard InChI is InChI=1S/C16H11N3O2/c17-9-12-4-3-5-13(8-12)11-21-16(20)14-10-19-7-2-1-6-15(19)18-14/h1-8,10H,11H2. The van der Waals surface area contributed by atoms with Crippen LogP contribution in [0.4, 0.5) is 0 Å². The molecule has 0 N–H and O–H groups in total. The first-order valence-corrected chi connectivity index (χ1v) is 6.36. The predicted molar refractivity (Wildman–Crippen MR) is 75.5 cm³/mol. The summed E-state index contributed by atoms with van der Waals surface area (Å²) in [4.78, 5) is 16.2. The van der Waals surface area contributed by atoms with Crippen molar-refractivity contribution in [1.82, 2.24) is 9.38 Å². The van der Waals surface area contributed by atoms with Crippen molar-refractivity contribution in [3.8, 4) is 6.07 Å². The number of hydrogen-bond donors (Lipinski definition) is 0. The largest absolute Gasteiger partial charge is 0.456 e. The van der Waals surface area contributed by atoms with E-state index < -0.39 is 5.97 Å². The zero-order chi connectivity index (χ0) is 14.7. The zero-order valence-electron chi connectivity index (χ0n) is 11.1. The molecular weight excluding hydrogens is 266 g/mol. The molecule has 2 heterocycles. The Kier molecular flexibility index (Phi) is 3.36. The molecule has 0 aliphatic carbocycles. The Morgan fingerprint density at radius 2 is 2.19 bits per heavy atom. The van der Waals surface area contributed by atoms with E-state index in [1.54, 1.807) is 34.9 Å². The Morgan fingerprint density at radius 1 is 1.29 bits per heavy atom. The maximum atomic E-state index is 12.0. The lowest BCUT2D eigenvalue weighted by molar-refractivity contribution is 0.0466. The number of nitrogens with zero attached hydrogens (tertiary/aromatic N) is 3. The van der Waals surface area contributed by atoms with Crippen LogP contribution >= 0.6 is 0 Å². The zero-order valence-corrected chi connectivity index (χ0v) is 11.1. The van der Waals surface area contributed by atoms with E-state index in [4.69, 9.17) is 10.00 Å². The molecule has 0 saturated heterocycles. The van der Waals surface area contributed by atoms with Crippen LogP contribution in [-0.4, -0.2) is 15.4 Å². The molecule has 5 heteroatoms. The van der Waals surface area contributed by atoms with Gasteiger partial charge in [-0.1, -0.05) is 18.2 Å². The van der Waals surface area contributed by atoms with Gasteiger partial charge in [-0.3, -0.25) is 0 Å². The van der Waals surface area contributed by atoms with Crippen molar-refractivity contribution in [1.29, 1.82) is 5.26 Å². The number of rotatable bonds is 3. The van der Waals surface area contributed by atoms with Crippen LogP contribution in [0.25, 0.3) is 5.65 Å². The third kappa shape index (κ3) is 2.74. The Labute approximate surface area is 121 Å². The van der Waals surface area contributed by atoms with E-state index in [1.165, 1.54) is 0 Å². The maximum Gasteiger partial charge on any atom is 0.358 e. The fourth-order valence-corrected chi connectivity index (χ4v) is 1.99. The molecule has 5 nitrogen and oxygen atoms in total. The van der Waals surface area contributed by atoms with Gasteiger partial charge in [-0.2, -0.15) is 5.26 Å². The highest BCUT2D eigenvalue weighted by Crippen LogP contribution is 2.09. The number of ether oxygens (including phenoxy) is 1. The normalized spacial score (nSPS) is 10.2. The SMILES string of the molecule is N#Cc1cccc(COC(=O)c2cn3ccccc3n2)c1. The number of carbonyl (C=O) groups is 1. The van der Waals surface area contributed by atoms with Gasteiger partial charge in [-0.05, 0) is 29.8 Å². The molecule has 0 fully saturated rings.